The van der Waals surface area contributed by atoms with E-state index in [4.69, 9.17) is 0 Å². The van der Waals surface area contributed by atoms with Gasteiger partial charge in [0.15, 0.2) is 0 Å². The normalized spacial score (nSPS) is 11.4. The number of hydrogen-bond acceptors (Lipinski definition) is 2. The largest absolute Gasteiger partial charge is 0.416 e. The first-order valence-corrected chi connectivity index (χ1v) is 7.87. The average Bonchev–Trinajstić information content (AvgIpc) is 2.54. The number of hydrogen-bond donors (Lipinski definition) is 1. The molecule has 0 bridgehead atoms. The highest BCUT2D eigenvalue weighted by atomic mass is 19.4. The molecule has 1 N–H and O–H groups in total. The smallest absolute Gasteiger partial charge is 0.356 e. The Morgan fingerprint density at radius 2 is 1.84 bits per heavy atom. The van der Waals surface area contributed by atoms with Gasteiger partial charge in [0, 0.05) is 31.3 Å². The van der Waals surface area contributed by atoms with Crippen molar-refractivity contribution >= 4 is 5.91 Å². The van der Waals surface area contributed by atoms with E-state index in [1.807, 2.05) is 0 Å². The molecule has 1 aromatic carbocycles. The van der Waals surface area contributed by atoms with E-state index < -0.39 is 11.7 Å². The maximum absolute atomic E-state index is 12.9. The van der Waals surface area contributed by atoms with Gasteiger partial charge in [-0.05, 0) is 31.0 Å². The van der Waals surface area contributed by atoms with Crippen LogP contribution in [-0.4, -0.2) is 17.0 Å². The van der Waals surface area contributed by atoms with Crippen molar-refractivity contribution in [3.05, 3.63) is 69.6 Å². The fourth-order valence-electron chi connectivity index (χ4n) is 2.56. The van der Waals surface area contributed by atoms with Gasteiger partial charge in [0.05, 0.1) is 5.56 Å². The van der Waals surface area contributed by atoms with Crippen molar-refractivity contribution in [2.75, 3.05) is 6.54 Å². The van der Waals surface area contributed by atoms with Crippen LogP contribution in [0.1, 0.15) is 23.2 Å². The highest BCUT2D eigenvalue weighted by Crippen LogP contribution is 2.31. The standard InChI is InChI=1S/C18H19F3N2O2/c1-13-5-4-8-17(25)23(13)12-10-16(24)22-11-9-14-6-2-3-7-15(14)18(19,20)21/h2-8H,9-12H2,1H3,(H,22,24). The van der Waals surface area contributed by atoms with Gasteiger partial charge in [-0.2, -0.15) is 13.2 Å². The number of amides is 1. The summed E-state index contributed by atoms with van der Waals surface area (Å²) in [6, 6.07) is 10.1. The number of pyridine rings is 1. The van der Waals surface area contributed by atoms with Gasteiger partial charge >= 0.3 is 6.18 Å². The number of aromatic nitrogens is 1. The van der Waals surface area contributed by atoms with Gasteiger partial charge in [-0.3, -0.25) is 9.59 Å². The van der Waals surface area contributed by atoms with Crippen molar-refractivity contribution in [3.63, 3.8) is 0 Å². The lowest BCUT2D eigenvalue weighted by atomic mass is 10.0. The predicted octanol–water partition coefficient (Wildman–Crippen LogP) is 2.92. The molecule has 134 valence electrons. The Bertz CT molecular complexity index is 797. The van der Waals surface area contributed by atoms with E-state index in [1.54, 1.807) is 19.1 Å². The number of aryl methyl sites for hydroxylation is 1. The van der Waals surface area contributed by atoms with Gasteiger partial charge in [0.2, 0.25) is 5.91 Å². The van der Waals surface area contributed by atoms with E-state index in [0.29, 0.717) is 0 Å². The molecule has 0 fully saturated rings. The highest BCUT2D eigenvalue weighted by molar-refractivity contribution is 5.75. The third-order valence-corrected chi connectivity index (χ3v) is 3.87. The van der Waals surface area contributed by atoms with Crippen LogP contribution in [0.25, 0.3) is 0 Å². The summed E-state index contributed by atoms with van der Waals surface area (Å²) in [5, 5.41) is 2.60. The molecule has 0 spiro atoms. The lowest BCUT2D eigenvalue weighted by Gasteiger charge is -2.13. The van der Waals surface area contributed by atoms with E-state index in [1.165, 1.54) is 28.8 Å². The first-order valence-electron chi connectivity index (χ1n) is 7.87. The summed E-state index contributed by atoms with van der Waals surface area (Å²) < 4.78 is 40.2. The Balaban J connectivity index is 1.87. The summed E-state index contributed by atoms with van der Waals surface area (Å²) >= 11 is 0. The van der Waals surface area contributed by atoms with E-state index in [9.17, 15) is 22.8 Å². The van der Waals surface area contributed by atoms with Crippen LogP contribution in [-0.2, 0) is 23.9 Å². The Kier molecular flexibility index (Phi) is 6.01. The van der Waals surface area contributed by atoms with Crippen LogP contribution in [0.4, 0.5) is 13.2 Å². The van der Waals surface area contributed by atoms with Crippen LogP contribution >= 0.6 is 0 Å². The van der Waals surface area contributed by atoms with Gasteiger partial charge in [0.25, 0.3) is 5.56 Å². The number of carbonyl (C=O) groups is 1. The zero-order chi connectivity index (χ0) is 18.4. The molecule has 0 aliphatic carbocycles. The number of nitrogens with one attached hydrogen (secondary N) is 1. The zero-order valence-electron chi connectivity index (χ0n) is 13.8. The monoisotopic (exact) mass is 352 g/mol. The predicted molar refractivity (Wildman–Crippen MR) is 88.2 cm³/mol. The summed E-state index contributed by atoms with van der Waals surface area (Å²) in [4.78, 5) is 23.6. The number of alkyl halides is 3. The van der Waals surface area contributed by atoms with Crippen molar-refractivity contribution in [1.29, 1.82) is 0 Å². The molecule has 0 saturated carbocycles. The van der Waals surface area contributed by atoms with Gasteiger partial charge in [-0.25, -0.2) is 0 Å². The van der Waals surface area contributed by atoms with Crippen LogP contribution in [0.15, 0.2) is 47.3 Å². The molecule has 0 aliphatic rings. The number of benzene rings is 1. The number of halogens is 3. The molecule has 0 aliphatic heterocycles. The average molecular weight is 352 g/mol. The lowest BCUT2D eigenvalue weighted by Crippen LogP contribution is -2.29. The minimum absolute atomic E-state index is 0.0890. The van der Waals surface area contributed by atoms with Crippen molar-refractivity contribution in [2.24, 2.45) is 0 Å². The van der Waals surface area contributed by atoms with Crippen LogP contribution in [0, 0.1) is 6.92 Å². The molecule has 4 nitrogen and oxygen atoms in total. The summed E-state index contributed by atoms with van der Waals surface area (Å²) in [5.41, 5.74) is 0.0208. The molecular weight excluding hydrogens is 333 g/mol. The van der Waals surface area contributed by atoms with Crippen molar-refractivity contribution in [1.82, 2.24) is 9.88 Å². The first-order chi connectivity index (χ1) is 11.8. The first kappa shape index (κ1) is 18.8. The highest BCUT2D eigenvalue weighted by Gasteiger charge is 2.32. The Labute approximate surface area is 143 Å². The van der Waals surface area contributed by atoms with Crippen molar-refractivity contribution < 1.29 is 18.0 Å². The van der Waals surface area contributed by atoms with Crippen molar-refractivity contribution in [2.45, 2.75) is 32.5 Å². The second-order valence-corrected chi connectivity index (χ2v) is 5.66. The maximum atomic E-state index is 12.9. The van der Waals surface area contributed by atoms with Crippen molar-refractivity contribution in [3.8, 4) is 0 Å². The van der Waals surface area contributed by atoms with E-state index in [-0.39, 0.29) is 43.0 Å². The molecule has 0 radical (unpaired) electrons. The lowest BCUT2D eigenvalue weighted by molar-refractivity contribution is -0.138. The van der Waals surface area contributed by atoms with Crippen LogP contribution in [0.2, 0.25) is 0 Å². The molecule has 0 unspecified atom stereocenters. The molecular formula is C18H19F3N2O2. The molecule has 0 atom stereocenters. The third kappa shape index (κ3) is 5.20. The van der Waals surface area contributed by atoms with Gasteiger partial charge < -0.3 is 9.88 Å². The Morgan fingerprint density at radius 1 is 1.12 bits per heavy atom. The van der Waals surface area contributed by atoms with Crippen LogP contribution < -0.4 is 10.9 Å². The SMILES string of the molecule is Cc1cccc(=O)n1CCC(=O)NCCc1ccccc1C(F)(F)F. The molecule has 2 aromatic rings. The van der Waals surface area contributed by atoms with Crippen LogP contribution in [0.3, 0.4) is 0 Å². The summed E-state index contributed by atoms with van der Waals surface area (Å²) in [5.74, 6) is -0.306. The summed E-state index contributed by atoms with van der Waals surface area (Å²) in [6.45, 7) is 2.11. The second-order valence-electron chi connectivity index (χ2n) is 5.66. The van der Waals surface area contributed by atoms with Gasteiger partial charge in [-0.15, -0.1) is 0 Å². The quantitative estimate of drug-likeness (QED) is 0.869. The Morgan fingerprint density at radius 3 is 2.52 bits per heavy atom. The fraction of sp³-hybridized carbons (Fsp3) is 0.333. The second kappa shape index (κ2) is 8.00. The minimum Gasteiger partial charge on any atom is -0.356 e. The molecule has 7 heteroatoms. The van der Waals surface area contributed by atoms with E-state index in [2.05, 4.69) is 5.32 Å². The summed E-state index contributed by atoms with van der Waals surface area (Å²) in [6.07, 6.45) is -4.23. The number of rotatable bonds is 6. The summed E-state index contributed by atoms with van der Waals surface area (Å²) in [7, 11) is 0. The molecule has 0 saturated heterocycles. The minimum atomic E-state index is -4.41. The number of nitrogens with zero attached hydrogens (tertiary/aromatic N) is 1. The van der Waals surface area contributed by atoms with Gasteiger partial charge in [0.1, 0.15) is 0 Å². The van der Waals surface area contributed by atoms with E-state index >= 15 is 0 Å². The van der Waals surface area contributed by atoms with E-state index in [0.717, 1.165) is 11.8 Å². The van der Waals surface area contributed by atoms with Crippen LogP contribution in [0.5, 0.6) is 0 Å². The molecule has 1 aromatic heterocycles. The third-order valence-electron chi connectivity index (χ3n) is 3.87. The molecule has 1 amide bonds. The number of carbonyl (C=O) groups excluding carboxylic acids is 1. The fourth-order valence-corrected chi connectivity index (χ4v) is 2.56. The molecule has 2 rings (SSSR count). The van der Waals surface area contributed by atoms with Gasteiger partial charge in [-0.1, -0.05) is 24.3 Å². The topological polar surface area (TPSA) is 51.1 Å². The zero-order valence-corrected chi connectivity index (χ0v) is 13.8. The molecule has 1 heterocycles. The Hall–Kier alpha value is -2.57. The maximum Gasteiger partial charge on any atom is 0.416 e. The molecule has 25 heavy (non-hydrogen) atoms.